The SMILES string of the molecule is COC(=O)C[C@@H]1C(=O)NCCN1C(=O)CCc1ccsc1. The minimum absolute atomic E-state index is 0.105. The third-order valence-corrected chi connectivity index (χ3v) is 4.18. The van der Waals surface area contributed by atoms with Gasteiger partial charge in [-0.05, 0) is 28.8 Å². The van der Waals surface area contributed by atoms with Crippen molar-refractivity contribution in [1.82, 2.24) is 10.2 Å². The van der Waals surface area contributed by atoms with Crippen molar-refractivity contribution in [2.45, 2.75) is 25.3 Å². The number of rotatable bonds is 5. The lowest BCUT2D eigenvalue weighted by Gasteiger charge is -2.34. The zero-order valence-electron chi connectivity index (χ0n) is 11.8. The number of nitrogens with one attached hydrogen (secondary N) is 1. The number of hydrogen-bond donors (Lipinski definition) is 1. The number of thiophene rings is 1. The van der Waals surface area contributed by atoms with Gasteiger partial charge in [0.1, 0.15) is 6.04 Å². The maximum absolute atomic E-state index is 12.3. The third-order valence-electron chi connectivity index (χ3n) is 3.45. The van der Waals surface area contributed by atoms with Crippen molar-refractivity contribution in [3.05, 3.63) is 22.4 Å². The van der Waals surface area contributed by atoms with Gasteiger partial charge >= 0.3 is 5.97 Å². The van der Waals surface area contributed by atoms with E-state index in [1.807, 2.05) is 16.8 Å². The zero-order valence-corrected chi connectivity index (χ0v) is 12.6. The molecule has 114 valence electrons. The third kappa shape index (κ3) is 4.04. The first-order chi connectivity index (χ1) is 10.1. The smallest absolute Gasteiger partial charge is 0.308 e. The number of hydrogen-bond acceptors (Lipinski definition) is 5. The minimum atomic E-state index is -0.763. The Morgan fingerprint density at radius 1 is 1.52 bits per heavy atom. The van der Waals surface area contributed by atoms with E-state index >= 15 is 0 Å². The second-order valence-corrected chi connectivity index (χ2v) is 5.59. The maximum atomic E-state index is 12.3. The van der Waals surface area contributed by atoms with Crippen molar-refractivity contribution in [2.24, 2.45) is 0 Å². The Bertz CT molecular complexity index is 515. The van der Waals surface area contributed by atoms with Crippen LogP contribution >= 0.6 is 11.3 Å². The van der Waals surface area contributed by atoms with E-state index < -0.39 is 12.0 Å². The summed E-state index contributed by atoms with van der Waals surface area (Å²) in [5, 5.41) is 6.65. The molecule has 1 fully saturated rings. The van der Waals surface area contributed by atoms with Gasteiger partial charge in [0, 0.05) is 19.5 Å². The van der Waals surface area contributed by atoms with Crippen LogP contribution in [0.1, 0.15) is 18.4 Å². The summed E-state index contributed by atoms with van der Waals surface area (Å²) < 4.78 is 4.59. The summed E-state index contributed by atoms with van der Waals surface area (Å²) >= 11 is 1.59. The summed E-state index contributed by atoms with van der Waals surface area (Å²) in [6, 6.07) is 1.22. The molecule has 2 rings (SSSR count). The summed E-state index contributed by atoms with van der Waals surface area (Å²) in [4.78, 5) is 37.1. The molecule has 1 N–H and O–H groups in total. The lowest BCUT2D eigenvalue weighted by molar-refractivity contribution is -0.150. The molecule has 0 saturated carbocycles. The molecule has 1 aromatic rings. The Kier molecular flexibility index (Phi) is 5.32. The molecule has 7 heteroatoms. The van der Waals surface area contributed by atoms with Crippen LogP contribution in [0.5, 0.6) is 0 Å². The number of ether oxygens (including phenoxy) is 1. The van der Waals surface area contributed by atoms with E-state index in [4.69, 9.17) is 0 Å². The van der Waals surface area contributed by atoms with Crippen molar-refractivity contribution in [2.75, 3.05) is 20.2 Å². The molecule has 1 aromatic heterocycles. The molecule has 1 aliphatic heterocycles. The molecule has 0 bridgehead atoms. The lowest BCUT2D eigenvalue weighted by atomic mass is 10.1. The Balaban J connectivity index is 1.98. The molecule has 0 radical (unpaired) electrons. The summed E-state index contributed by atoms with van der Waals surface area (Å²) in [5.74, 6) is -0.895. The summed E-state index contributed by atoms with van der Waals surface area (Å²) in [6.07, 6.45) is 0.875. The predicted molar refractivity (Wildman–Crippen MR) is 77.8 cm³/mol. The summed E-state index contributed by atoms with van der Waals surface area (Å²) in [7, 11) is 1.27. The van der Waals surface area contributed by atoms with Crippen LogP contribution in [0, 0.1) is 0 Å². The lowest BCUT2D eigenvalue weighted by Crippen LogP contribution is -2.57. The normalized spacial score (nSPS) is 18.2. The fraction of sp³-hybridized carbons (Fsp3) is 0.500. The molecule has 2 amide bonds. The van der Waals surface area contributed by atoms with Crippen molar-refractivity contribution >= 4 is 29.1 Å². The molecular formula is C14H18N2O4S. The Morgan fingerprint density at radius 2 is 2.33 bits per heavy atom. The first-order valence-corrected chi connectivity index (χ1v) is 7.71. The van der Waals surface area contributed by atoms with Gasteiger partial charge in [-0.2, -0.15) is 11.3 Å². The molecule has 2 heterocycles. The highest BCUT2D eigenvalue weighted by atomic mass is 32.1. The van der Waals surface area contributed by atoms with Crippen molar-refractivity contribution < 1.29 is 19.1 Å². The standard InChI is InChI=1S/C14H18N2O4S/c1-20-13(18)8-11-14(19)15-5-6-16(11)12(17)3-2-10-4-7-21-9-10/h4,7,9,11H,2-3,5-6,8H2,1H3,(H,15,19)/t11-/m1/s1. The van der Waals surface area contributed by atoms with Gasteiger partial charge in [0.25, 0.3) is 0 Å². The van der Waals surface area contributed by atoms with Crippen LogP contribution in [0.3, 0.4) is 0 Å². The number of piperazine rings is 1. The highest BCUT2D eigenvalue weighted by Gasteiger charge is 2.34. The second kappa shape index (κ2) is 7.21. The van der Waals surface area contributed by atoms with E-state index in [2.05, 4.69) is 10.1 Å². The predicted octanol–water partition coefficient (Wildman–Crippen LogP) is 0.571. The second-order valence-electron chi connectivity index (χ2n) is 4.81. The van der Waals surface area contributed by atoms with Crippen molar-refractivity contribution in [3.63, 3.8) is 0 Å². The van der Waals surface area contributed by atoms with Gasteiger partial charge in [0.2, 0.25) is 11.8 Å². The molecule has 21 heavy (non-hydrogen) atoms. The molecule has 1 saturated heterocycles. The van der Waals surface area contributed by atoms with Gasteiger partial charge in [-0.1, -0.05) is 0 Å². The van der Waals surface area contributed by atoms with Crippen LogP contribution in [-0.2, 0) is 25.5 Å². The van der Waals surface area contributed by atoms with Gasteiger partial charge in [-0.25, -0.2) is 0 Å². The topological polar surface area (TPSA) is 75.7 Å². The van der Waals surface area contributed by atoms with E-state index in [1.165, 1.54) is 12.0 Å². The molecular weight excluding hydrogens is 292 g/mol. The number of esters is 1. The fourth-order valence-electron chi connectivity index (χ4n) is 2.29. The first kappa shape index (κ1) is 15.5. The van der Waals surface area contributed by atoms with Gasteiger partial charge in [-0.15, -0.1) is 0 Å². The van der Waals surface area contributed by atoms with E-state index in [9.17, 15) is 14.4 Å². The fourth-order valence-corrected chi connectivity index (χ4v) is 2.99. The number of carbonyl (C=O) groups is 3. The molecule has 0 aromatic carbocycles. The van der Waals surface area contributed by atoms with Crippen LogP contribution in [0.25, 0.3) is 0 Å². The van der Waals surface area contributed by atoms with E-state index in [0.717, 1.165) is 5.56 Å². The van der Waals surface area contributed by atoms with Gasteiger partial charge in [0.05, 0.1) is 13.5 Å². The largest absolute Gasteiger partial charge is 0.469 e. The summed E-state index contributed by atoms with van der Waals surface area (Å²) in [6.45, 7) is 0.844. The van der Waals surface area contributed by atoms with E-state index in [1.54, 1.807) is 11.3 Å². The molecule has 6 nitrogen and oxygen atoms in total. The Hall–Kier alpha value is -1.89. The number of amides is 2. The highest BCUT2D eigenvalue weighted by Crippen LogP contribution is 2.14. The van der Waals surface area contributed by atoms with Crippen LogP contribution in [0.2, 0.25) is 0 Å². The van der Waals surface area contributed by atoms with Crippen LogP contribution in [-0.4, -0.2) is 48.9 Å². The Labute approximate surface area is 127 Å². The maximum Gasteiger partial charge on any atom is 0.308 e. The molecule has 0 spiro atoms. The van der Waals surface area contributed by atoms with Crippen LogP contribution in [0.15, 0.2) is 16.8 Å². The van der Waals surface area contributed by atoms with Crippen LogP contribution < -0.4 is 5.32 Å². The Morgan fingerprint density at radius 3 is 3.00 bits per heavy atom. The molecule has 0 unspecified atom stereocenters. The highest BCUT2D eigenvalue weighted by molar-refractivity contribution is 7.07. The number of aryl methyl sites for hydroxylation is 1. The number of nitrogens with zero attached hydrogens (tertiary/aromatic N) is 1. The average Bonchev–Trinajstić information content (AvgIpc) is 3.00. The van der Waals surface area contributed by atoms with Gasteiger partial charge < -0.3 is 15.0 Å². The average molecular weight is 310 g/mol. The van der Waals surface area contributed by atoms with E-state index in [0.29, 0.717) is 25.9 Å². The summed E-state index contributed by atoms with van der Waals surface area (Å²) in [5.41, 5.74) is 1.11. The van der Waals surface area contributed by atoms with Crippen molar-refractivity contribution in [3.8, 4) is 0 Å². The molecule has 1 atom stereocenters. The van der Waals surface area contributed by atoms with Crippen molar-refractivity contribution in [1.29, 1.82) is 0 Å². The van der Waals surface area contributed by atoms with Crippen LogP contribution in [0.4, 0.5) is 0 Å². The first-order valence-electron chi connectivity index (χ1n) is 6.77. The molecule has 1 aliphatic rings. The van der Waals surface area contributed by atoms with E-state index in [-0.39, 0.29) is 18.2 Å². The quantitative estimate of drug-likeness (QED) is 0.807. The number of carbonyl (C=O) groups excluding carboxylic acids is 3. The monoisotopic (exact) mass is 310 g/mol. The zero-order chi connectivity index (χ0) is 15.2. The number of methoxy groups -OCH3 is 1. The van der Waals surface area contributed by atoms with Gasteiger partial charge in [0.15, 0.2) is 0 Å². The van der Waals surface area contributed by atoms with Gasteiger partial charge in [-0.3, -0.25) is 14.4 Å². The minimum Gasteiger partial charge on any atom is -0.469 e. The molecule has 0 aliphatic carbocycles.